The highest BCUT2D eigenvalue weighted by Crippen LogP contribution is 2.50. The SMILES string of the molecule is CNCCOc1ccc(C(O)(c2ccc(O)cc2)C(O)(c2ccc(O)cc2)c2ccc(OCCNC)cc2)cc1. The Bertz CT molecular complexity index is 1240. The third-order valence-corrected chi connectivity index (χ3v) is 6.88. The summed E-state index contributed by atoms with van der Waals surface area (Å²) in [6, 6.07) is 26.0. The van der Waals surface area contributed by atoms with Crippen molar-refractivity contribution in [2.45, 2.75) is 11.2 Å². The molecule has 2 atom stereocenters. The fourth-order valence-corrected chi connectivity index (χ4v) is 4.70. The molecule has 40 heavy (non-hydrogen) atoms. The van der Waals surface area contributed by atoms with Gasteiger partial charge in [-0.25, -0.2) is 0 Å². The summed E-state index contributed by atoms with van der Waals surface area (Å²) in [5.74, 6) is 1.28. The van der Waals surface area contributed by atoms with Gasteiger partial charge in [-0.15, -0.1) is 0 Å². The monoisotopic (exact) mass is 544 g/mol. The summed E-state index contributed by atoms with van der Waals surface area (Å²) < 4.78 is 11.5. The molecule has 4 aromatic carbocycles. The first-order valence-electron chi connectivity index (χ1n) is 13.1. The van der Waals surface area contributed by atoms with Crippen molar-refractivity contribution in [3.05, 3.63) is 119 Å². The summed E-state index contributed by atoms with van der Waals surface area (Å²) in [6.45, 7) is 2.29. The predicted molar refractivity (Wildman–Crippen MR) is 154 cm³/mol. The number of nitrogens with one attached hydrogen (secondary N) is 2. The molecule has 0 spiro atoms. The van der Waals surface area contributed by atoms with Gasteiger partial charge in [0.25, 0.3) is 0 Å². The molecule has 0 saturated heterocycles. The summed E-state index contributed by atoms with van der Waals surface area (Å²) in [6.07, 6.45) is 0. The van der Waals surface area contributed by atoms with E-state index in [0.717, 1.165) is 0 Å². The number of phenolic OH excluding ortho intramolecular Hbond substituents is 2. The summed E-state index contributed by atoms with van der Waals surface area (Å²) in [5, 5.41) is 51.7. The molecule has 0 radical (unpaired) electrons. The molecule has 0 heterocycles. The van der Waals surface area contributed by atoms with Crippen molar-refractivity contribution in [2.75, 3.05) is 40.4 Å². The molecule has 0 aliphatic carbocycles. The van der Waals surface area contributed by atoms with Crippen LogP contribution in [0.2, 0.25) is 0 Å². The van der Waals surface area contributed by atoms with Crippen molar-refractivity contribution >= 4 is 0 Å². The van der Waals surface area contributed by atoms with Crippen LogP contribution in [0.3, 0.4) is 0 Å². The minimum atomic E-state index is -2.05. The second-order valence-corrected chi connectivity index (χ2v) is 9.47. The molecule has 0 fully saturated rings. The van der Waals surface area contributed by atoms with Crippen LogP contribution in [0, 0.1) is 0 Å². The molecule has 0 aromatic heterocycles. The number of aliphatic hydroxyl groups is 2. The van der Waals surface area contributed by atoms with E-state index in [9.17, 15) is 20.4 Å². The fourth-order valence-electron chi connectivity index (χ4n) is 4.70. The Kier molecular flexibility index (Phi) is 9.29. The Balaban J connectivity index is 1.89. The molecule has 2 unspecified atom stereocenters. The van der Waals surface area contributed by atoms with Crippen LogP contribution >= 0.6 is 0 Å². The lowest BCUT2D eigenvalue weighted by Gasteiger charge is -2.45. The number of aromatic hydroxyl groups is 2. The molecule has 8 heteroatoms. The van der Waals surface area contributed by atoms with E-state index < -0.39 is 11.2 Å². The first-order chi connectivity index (χ1) is 19.3. The van der Waals surface area contributed by atoms with E-state index in [-0.39, 0.29) is 11.5 Å². The van der Waals surface area contributed by atoms with E-state index in [1.807, 2.05) is 14.1 Å². The zero-order valence-electron chi connectivity index (χ0n) is 22.7. The van der Waals surface area contributed by atoms with Crippen molar-refractivity contribution in [1.29, 1.82) is 0 Å². The molecule has 0 aliphatic heterocycles. The molecule has 4 aromatic rings. The lowest BCUT2D eigenvalue weighted by Crippen LogP contribution is -2.51. The van der Waals surface area contributed by atoms with Gasteiger partial charge in [0.1, 0.15) is 36.2 Å². The zero-order chi connectivity index (χ0) is 28.6. The predicted octanol–water partition coefficient (Wildman–Crippen LogP) is 3.47. The highest BCUT2D eigenvalue weighted by molar-refractivity contribution is 5.53. The summed E-state index contributed by atoms with van der Waals surface area (Å²) in [4.78, 5) is 0. The lowest BCUT2D eigenvalue weighted by molar-refractivity contribution is -0.113. The van der Waals surface area contributed by atoms with Crippen molar-refractivity contribution in [1.82, 2.24) is 10.6 Å². The van der Waals surface area contributed by atoms with Gasteiger partial charge in [0.05, 0.1) is 0 Å². The normalized spacial score (nSPS) is 14.2. The second kappa shape index (κ2) is 12.8. The van der Waals surface area contributed by atoms with E-state index in [1.54, 1.807) is 72.8 Å². The number of rotatable bonds is 13. The second-order valence-electron chi connectivity index (χ2n) is 9.47. The van der Waals surface area contributed by atoms with Crippen LogP contribution < -0.4 is 20.1 Å². The Hall–Kier alpha value is -4.08. The number of phenols is 2. The van der Waals surface area contributed by atoms with Gasteiger partial charge in [-0.05, 0) is 84.9 Å². The number of hydrogen-bond acceptors (Lipinski definition) is 8. The first kappa shape index (κ1) is 28.9. The quantitative estimate of drug-likeness (QED) is 0.142. The average Bonchev–Trinajstić information content (AvgIpc) is 2.98. The minimum Gasteiger partial charge on any atom is -0.508 e. The average molecular weight is 545 g/mol. The van der Waals surface area contributed by atoms with Crippen molar-refractivity contribution in [3.63, 3.8) is 0 Å². The van der Waals surface area contributed by atoms with Gasteiger partial charge in [0.2, 0.25) is 0 Å². The van der Waals surface area contributed by atoms with Gasteiger partial charge in [-0.3, -0.25) is 0 Å². The van der Waals surface area contributed by atoms with Gasteiger partial charge in [-0.1, -0.05) is 48.5 Å². The maximum Gasteiger partial charge on any atom is 0.152 e. The Labute approximate surface area is 234 Å². The third-order valence-electron chi connectivity index (χ3n) is 6.88. The molecule has 0 amide bonds. The molecule has 210 valence electrons. The smallest absolute Gasteiger partial charge is 0.152 e. The molecule has 4 rings (SSSR count). The topological polar surface area (TPSA) is 123 Å². The maximum atomic E-state index is 12.8. The largest absolute Gasteiger partial charge is 0.508 e. The Morgan fingerprint density at radius 3 is 1.05 bits per heavy atom. The molecule has 0 bridgehead atoms. The lowest BCUT2D eigenvalue weighted by atomic mass is 9.66. The third kappa shape index (κ3) is 5.90. The van der Waals surface area contributed by atoms with Crippen LogP contribution in [0.1, 0.15) is 22.3 Å². The minimum absolute atomic E-state index is 0.0237. The van der Waals surface area contributed by atoms with E-state index in [1.165, 1.54) is 24.3 Å². The number of hydrogen-bond donors (Lipinski definition) is 6. The van der Waals surface area contributed by atoms with Gasteiger partial charge < -0.3 is 40.5 Å². The van der Waals surface area contributed by atoms with Gasteiger partial charge >= 0.3 is 0 Å². The standard InChI is InChI=1S/C32H36N2O6/c1-33-19-21-39-29-15-7-25(8-16-29)31(37,23-3-11-27(35)12-4-23)32(38,24-5-13-28(36)14-6-24)26-9-17-30(18-10-26)40-22-20-34-2/h3-18,33-38H,19-22H2,1-2H3. The van der Waals surface area contributed by atoms with Crippen molar-refractivity contribution < 1.29 is 29.9 Å². The summed E-state index contributed by atoms with van der Waals surface area (Å²) in [7, 11) is 3.69. The molecule has 0 aliphatic rings. The van der Waals surface area contributed by atoms with Gasteiger partial charge in [-0.2, -0.15) is 0 Å². The number of benzene rings is 4. The first-order valence-corrected chi connectivity index (χ1v) is 13.1. The zero-order valence-corrected chi connectivity index (χ0v) is 22.7. The van der Waals surface area contributed by atoms with E-state index in [0.29, 0.717) is 60.1 Å². The molecule has 8 nitrogen and oxygen atoms in total. The van der Waals surface area contributed by atoms with Crippen molar-refractivity contribution in [3.8, 4) is 23.0 Å². The van der Waals surface area contributed by atoms with Gasteiger partial charge in [0, 0.05) is 13.1 Å². The molecule has 0 saturated carbocycles. The van der Waals surface area contributed by atoms with Crippen LogP contribution in [0.4, 0.5) is 0 Å². The van der Waals surface area contributed by atoms with E-state index >= 15 is 0 Å². The highest BCUT2D eigenvalue weighted by Gasteiger charge is 2.54. The van der Waals surface area contributed by atoms with Crippen molar-refractivity contribution in [2.24, 2.45) is 0 Å². The molecule has 6 N–H and O–H groups in total. The Morgan fingerprint density at radius 2 is 0.775 bits per heavy atom. The van der Waals surface area contributed by atoms with Crippen LogP contribution in [0.25, 0.3) is 0 Å². The molecular formula is C32H36N2O6. The van der Waals surface area contributed by atoms with E-state index in [2.05, 4.69) is 10.6 Å². The summed E-state index contributed by atoms with van der Waals surface area (Å²) in [5.41, 5.74) is -2.61. The van der Waals surface area contributed by atoms with Crippen LogP contribution in [0.15, 0.2) is 97.1 Å². The molecular weight excluding hydrogens is 508 g/mol. The van der Waals surface area contributed by atoms with E-state index in [4.69, 9.17) is 9.47 Å². The van der Waals surface area contributed by atoms with Crippen LogP contribution in [-0.2, 0) is 11.2 Å². The number of likely N-dealkylation sites (N-methyl/N-ethyl adjacent to an activating group) is 2. The summed E-state index contributed by atoms with van der Waals surface area (Å²) >= 11 is 0. The van der Waals surface area contributed by atoms with Gasteiger partial charge in [0.15, 0.2) is 11.2 Å². The highest BCUT2D eigenvalue weighted by atomic mass is 16.5. The number of ether oxygens (including phenoxy) is 2. The van der Waals surface area contributed by atoms with Crippen LogP contribution in [-0.4, -0.2) is 60.8 Å². The van der Waals surface area contributed by atoms with Crippen LogP contribution in [0.5, 0.6) is 23.0 Å². The fraction of sp³-hybridized carbons (Fsp3) is 0.250. The maximum absolute atomic E-state index is 12.8. The Morgan fingerprint density at radius 1 is 0.500 bits per heavy atom.